The molecule has 0 aliphatic carbocycles. The van der Waals surface area contributed by atoms with Crippen molar-refractivity contribution in [3.63, 3.8) is 0 Å². The van der Waals surface area contributed by atoms with Crippen molar-refractivity contribution in [1.29, 1.82) is 0 Å². The molecule has 156 valence electrons. The van der Waals surface area contributed by atoms with E-state index in [1.807, 2.05) is 32.0 Å². The van der Waals surface area contributed by atoms with Gasteiger partial charge in [-0.15, -0.1) is 0 Å². The highest BCUT2D eigenvalue weighted by atomic mass is 35.5. The lowest BCUT2D eigenvalue weighted by molar-refractivity contribution is 0.0699. The smallest absolute Gasteiger partial charge is 0.254 e. The van der Waals surface area contributed by atoms with Crippen molar-refractivity contribution in [2.45, 2.75) is 18.7 Å². The molecule has 0 N–H and O–H groups in total. The lowest BCUT2D eigenvalue weighted by Gasteiger charge is -2.34. The highest BCUT2D eigenvalue weighted by Gasteiger charge is 2.31. The summed E-state index contributed by atoms with van der Waals surface area (Å²) in [5.41, 5.74) is 3.22. The Balaban J connectivity index is 1.55. The zero-order valence-electron chi connectivity index (χ0n) is 16.8. The number of rotatable bonds is 3. The fraction of sp³-hybridized carbons (Fsp3) is 0.273. The number of sulfonamides is 1. The summed E-state index contributed by atoms with van der Waals surface area (Å²) in [5, 5.41) is 1.31. The second-order valence-electron chi connectivity index (χ2n) is 7.48. The number of aryl methyl sites for hydroxylation is 2. The van der Waals surface area contributed by atoms with Gasteiger partial charge in [-0.05, 0) is 56.3 Å². The molecular weight excluding hydrogens is 422 g/mol. The molecule has 1 aliphatic rings. The molecule has 2 heterocycles. The van der Waals surface area contributed by atoms with Crippen LogP contribution in [0.3, 0.4) is 0 Å². The van der Waals surface area contributed by atoms with Crippen LogP contribution in [0.25, 0.3) is 10.9 Å². The van der Waals surface area contributed by atoms with Gasteiger partial charge in [0.25, 0.3) is 5.91 Å². The van der Waals surface area contributed by atoms with Gasteiger partial charge >= 0.3 is 0 Å². The average Bonchev–Trinajstić information content (AvgIpc) is 2.73. The first-order valence-corrected chi connectivity index (χ1v) is 11.5. The number of hydrogen-bond acceptors (Lipinski definition) is 4. The maximum absolute atomic E-state index is 13.3. The Labute approximate surface area is 181 Å². The summed E-state index contributed by atoms with van der Waals surface area (Å²) in [6, 6.07) is 13.8. The molecule has 3 aromatic rings. The van der Waals surface area contributed by atoms with Gasteiger partial charge in [-0.3, -0.25) is 9.78 Å². The Hall–Kier alpha value is -2.48. The molecule has 0 atom stereocenters. The van der Waals surface area contributed by atoms with E-state index in [0.29, 0.717) is 23.7 Å². The number of hydrogen-bond donors (Lipinski definition) is 0. The maximum Gasteiger partial charge on any atom is 0.254 e. The summed E-state index contributed by atoms with van der Waals surface area (Å²) in [4.78, 5) is 19.7. The number of piperazine rings is 1. The summed E-state index contributed by atoms with van der Waals surface area (Å²) in [5.74, 6) is -0.0976. The molecule has 4 rings (SSSR count). The van der Waals surface area contributed by atoms with Crippen LogP contribution in [0, 0.1) is 13.8 Å². The Morgan fingerprint density at radius 3 is 2.30 bits per heavy atom. The number of fused-ring (bicyclic) bond motifs is 1. The second kappa shape index (κ2) is 7.98. The predicted molar refractivity (Wildman–Crippen MR) is 117 cm³/mol. The molecular formula is C22H22ClN3O3S. The molecule has 1 saturated heterocycles. The first-order valence-electron chi connectivity index (χ1n) is 9.69. The molecule has 0 spiro atoms. The summed E-state index contributed by atoms with van der Waals surface area (Å²) >= 11 is 5.86. The van der Waals surface area contributed by atoms with E-state index in [1.165, 1.54) is 16.4 Å². The highest BCUT2D eigenvalue weighted by Crippen LogP contribution is 2.24. The Bertz CT molecular complexity index is 1220. The molecule has 0 bridgehead atoms. The predicted octanol–water partition coefficient (Wildman–Crippen LogP) is 3.65. The van der Waals surface area contributed by atoms with Gasteiger partial charge in [-0.2, -0.15) is 4.31 Å². The van der Waals surface area contributed by atoms with Crippen LogP contribution in [0.4, 0.5) is 0 Å². The third-order valence-corrected chi connectivity index (χ3v) is 7.46. The van der Waals surface area contributed by atoms with Crippen molar-refractivity contribution < 1.29 is 13.2 Å². The molecule has 1 fully saturated rings. The molecule has 6 nitrogen and oxygen atoms in total. The Morgan fingerprint density at radius 2 is 1.63 bits per heavy atom. The molecule has 1 aliphatic heterocycles. The molecule has 0 unspecified atom stereocenters. The van der Waals surface area contributed by atoms with Crippen LogP contribution in [-0.2, 0) is 10.0 Å². The van der Waals surface area contributed by atoms with E-state index in [0.717, 1.165) is 22.2 Å². The van der Waals surface area contributed by atoms with E-state index in [-0.39, 0.29) is 23.9 Å². The van der Waals surface area contributed by atoms with Gasteiger partial charge in [0.1, 0.15) is 0 Å². The van der Waals surface area contributed by atoms with E-state index in [9.17, 15) is 13.2 Å². The van der Waals surface area contributed by atoms with Crippen LogP contribution in [0.15, 0.2) is 53.4 Å². The molecule has 30 heavy (non-hydrogen) atoms. The fourth-order valence-electron chi connectivity index (χ4n) is 3.71. The van der Waals surface area contributed by atoms with Crippen molar-refractivity contribution >= 4 is 38.4 Å². The van der Waals surface area contributed by atoms with E-state index < -0.39 is 10.0 Å². The van der Waals surface area contributed by atoms with Crippen LogP contribution in [0.2, 0.25) is 5.02 Å². The zero-order valence-corrected chi connectivity index (χ0v) is 18.4. The van der Waals surface area contributed by atoms with Gasteiger partial charge in [-0.25, -0.2) is 8.42 Å². The van der Waals surface area contributed by atoms with Gasteiger partial charge in [0, 0.05) is 42.3 Å². The number of nitrogens with zero attached hydrogens (tertiary/aromatic N) is 3. The molecule has 2 aromatic carbocycles. The Morgan fingerprint density at radius 1 is 0.967 bits per heavy atom. The maximum atomic E-state index is 13.3. The number of benzene rings is 2. The molecule has 0 saturated carbocycles. The third-order valence-electron chi connectivity index (χ3n) is 5.30. The topological polar surface area (TPSA) is 70.6 Å². The Kier molecular flexibility index (Phi) is 5.53. The van der Waals surface area contributed by atoms with Gasteiger partial charge in [0.05, 0.1) is 16.0 Å². The van der Waals surface area contributed by atoms with Gasteiger partial charge in [0.15, 0.2) is 0 Å². The monoisotopic (exact) mass is 443 g/mol. The van der Waals surface area contributed by atoms with Crippen LogP contribution < -0.4 is 0 Å². The minimum atomic E-state index is -3.61. The normalized spacial score (nSPS) is 15.5. The molecule has 1 aromatic heterocycles. The number of aromatic nitrogens is 1. The first-order chi connectivity index (χ1) is 14.3. The van der Waals surface area contributed by atoms with E-state index in [4.69, 9.17) is 11.6 Å². The standard InChI is InChI=1S/C22H22ClN3O3S/c1-15-3-8-21-19(13-15)20(14-16(2)24-21)22(27)25-9-11-26(12-10-25)30(28,29)18-6-4-17(23)5-7-18/h3-8,13-14H,9-12H2,1-2H3. The first kappa shape index (κ1) is 20.8. The molecule has 8 heteroatoms. The minimum absolute atomic E-state index is 0.0976. The lowest BCUT2D eigenvalue weighted by Crippen LogP contribution is -2.50. The van der Waals surface area contributed by atoms with E-state index in [1.54, 1.807) is 23.1 Å². The summed E-state index contributed by atoms with van der Waals surface area (Å²) in [6.07, 6.45) is 0. The van der Waals surface area contributed by atoms with Crippen molar-refractivity contribution in [3.05, 3.63) is 70.4 Å². The van der Waals surface area contributed by atoms with Gasteiger partial charge in [-0.1, -0.05) is 23.2 Å². The number of halogens is 1. The van der Waals surface area contributed by atoms with Crippen molar-refractivity contribution in [1.82, 2.24) is 14.2 Å². The summed E-state index contributed by atoms with van der Waals surface area (Å²) < 4.78 is 27.2. The quantitative estimate of drug-likeness (QED) is 0.619. The third kappa shape index (κ3) is 3.93. The SMILES string of the molecule is Cc1ccc2nc(C)cc(C(=O)N3CCN(S(=O)(=O)c4ccc(Cl)cc4)CC3)c2c1. The summed E-state index contributed by atoms with van der Waals surface area (Å²) in [6.45, 7) is 5.01. The van der Waals surface area contributed by atoms with Crippen LogP contribution >= 0.6 is 11.6 Å². The highest BCUT2D eigenvalue weighted by molar-refractivity contribution is 7.89. The van der Waals surface area contributed by atoms with Gasteiger partial charge in [0.2, 0.25) is 10.0 Å². The molecule has 0 radical (unpaired) electrons. The van der Waals surface area contributed by atoms with Crippen LogP contribution in [0.5, 0.6) is 0 Å². The fourth-order valence-corrected chi connectivity index (χ4v) is 5.25. The largest absolute Gasteiger partial charge is 0.336 e. The number of pyridine rings is 1. The number of carbonyl (C=O) groups is 1. The van der Waals surface area contributed by atoms with Crippen molar-refractivity contribution in [2.75, 3.05) is 26.2 Å². The second-order valence-corrected chi connectivity index (χ2v) is 9.86. The van der Waals surface area contributed by atoms with Crippen molar-refractivity contribution in [2.24, 2.45) is 0 Å². The number of amides is 1. The molecule has 1 amide bonds. The minimum Gasteiger partial charge on any atom is -0.336 e. The van der Waals surface area contributed by atoms with E-state index in [2.05, 4.69) is 4.98 Å². The van der Waals surface area contributed by atoms with Crippen molar-refractivity contribution in [3.8, 4) is 0 Å². The average molecular weight is 444 g/mol. The number of carbonyl (C=O) groups excluding carboxylic acids is 1. The van der Waals surface area contributed by atoms with E-state index >= 15 is 0 Å². The van der Waals surface area contributed by atoms with Gasteiger partial charge < -0.3 is 4.90 Å². The zero-order chi connectivity index (χ0) is 21.5. The summed E-state index contributed by atoms with van der Waals surface area (Å²) in [7, 11) is -3.61. The van der Waals surface area contributed by atoms with Crippen LogP contribution in [-0.4, -0.2) is 54.7 Å². The lowest BCUT2D eigenvalue weighted by atomic mass is 10.0. The van der Waals surface area contributed by atoms with Crippen LogP contribution in [0.1, 0.15) is 21.6 Å².